The minimum Gasteiger partial charge on any atom is -0.357 e. The Bertz CT molecular complexity index is 575. The average molecular weight is 471 g/mol. The quantitative estimate of drug-likeness (QED) is 0.413. The van der Waals surface area contributed by atoms with E-state index in [1.807, 2.05) is 6.20 Å². The van der Waals surface area contributed by atoms with Crippen LogP contribution >= 0.6 is 24.0 Å². The predicted molar refractivity (Wildman–Crippen MR) is 120 cm³/mol. The van der Waals surface area contributed by atoms with Crippen LogP contribution in [0.25, 0.3) is 0 Å². The Morgan fingerprint density at radius 1 is 1.23 bits per heavy atom. The molecule has 0 radical (unpaired) electrons. The third kappa shape index (κ3) is 5.72. The minimum absolute atomic E-state index is 0. The van der Waals surface area contributed by atoms with E-state index in [0.29, 0.717) is 6.54 Å². The maximum Gasteiger partial charge on any atom is 0.194 e. The van der Waals surface area contributed by atoms with Gasteiger partial charge in [0.05, 0.1) is 6.54 Å². The van der Waals surface area contributed by atoms with Crippen LogP contribution in [0.4, 0.5) is 5.82 Å². The lowest BCUT2D eigenvalue weighted by atomic mass is 9.92. The van der Waals surface area contributed by atoms with Crippen LogP contribution in [0.5, 0.6) is 0 Å². The standard InChI is InChI=1S/C20H33N5.HI/c1-4-21-20(25-14-16(2)11-17(3)15-25)23-13-18-7-8-22-19(12-18)24-9-5-6-10-24;/h7-8,12,16-17H,4-6,9-11,13-15H2,1-3H3,(H,21,23);1H. The van der Waals surface area contributed by atoms with E-state index >= 15 is 0 Å². The van der Waals surface area contributed by atoms with E-state index in [0.717, 1.165) is 56.3 Å². The van der Waals surface area contributed by atoms with E-state index in [4.69, 9.17) is 4.99 Å². The molecule has 0 aromatic carbocycles. The monoisotopic (exact) mass is 471 g/mol. The van der Waals surface area contributed by atoms with Crippen molar-refractivity contribution in [3.63, 3.8) is 0 Å². The highest BCUT2D eigenvalue weighted by atomic mass is 127. The first-order valence-corrected chi connectivity index (χ1v) is 9.89. The molecule has 146 valence electrons. The number of pyridine rings is 1. The molecule has 0 spiro atoms. The lowest BCUT2D eigenvalue weighted by Gasteiger charge is -2.37. The predicted octanol–water partition coefficient (Wildman–Crippen LogP) is 3.74. The fraction of sp³-hybridized carbons (Fsp3) is 0.700. The van der Waals surface area contributed by atoms with Gasteiger partial charge in [0, 0.05) is 38.9 Å². The van der Waals surface area contributed by atoms with Crippen molar-refractivity contribution in [2.45, 2.75) is 46.6 Å². The van der Waals surface area contributed by atoms with Gasteiger partial charge in [-0.05, 0) is 55.7 Å². The van der Waals surface area contributed by atoms with Crippen molar-refractivity contribution in [1.29, 1.82) is 0 Å². The first-order valence-electron chi connectivity index (χ1n) is 9.89. The summed E-state index contributed by atoms with van der Waals surface area (Å²) in [7, 11) is 0. The Balaban J connectivity index is 0.00000243. The number of piperidine rings is 1. The third-order valence-corrected chi connectivity index (χ3v) is 5.15. The van der Waals surface area contributed by atoms with Gasteiger partial charge in [-0.25, -0.2) is 9.98 Å². The number of anilines is 1. The van der Waals surface area contributed by atoms with Crippen molar-refractivity contribution in [3.8, 4) is 0 Å². The van der Waals surface area contributed by atoms with Gasteiger partial charge >= 0.3 is 0 Å². The molecule has 2 unspecified atom stereocenters. The average Bonchev–Trinajstić information content (AvgIpc) is 3.12. The number of hydrogen-bond donors (Lipinski definition) is 1. The topological polar surface area (TPSA) is 43.8 Å². The Hall–Kier alpha value is -1.05. The van der Waals surface area contributed by atoms with E-state index in [9.17, 15) is 0 Å². The number of likely N-dealkylation sites (tertiary alicyclic amines) is 1. The summed E-state index contributed by atoms with van der Waals surface area (Å²) in [6, 6.07) is 4.30. The molecular weight excluding hydrogens is 437 g/mol. The minimum atomic E-state index is 0. The van der Waals surface area contributed by atoms with Crippen LogP contribution in [0.15, 0.2) is 23.3 Å². The van der Waals surface area contributed by atoms with Crippen molar-refractivity contribution < 1.29 is 0 Å². The summed E-state index contributed by atoms with van der Waals surface area (Å²) in [5.74, 6) is 3.63. The molecule has 0 aliphatic carbocycles. The molecule has 6 heteroatoms. The molecule has 0 amide bonds. The fourth-order valence-electron chi connectivity index (χ4n) is 4.11. The molecule has 0 bridgehead atoms. The summed E-state index contributed by atoms with van der Waals surface area (Å²) >= 11 is 0. The normalized spacial score (nSPS) is 23.7. The molecule has 0 saturated carbocycles. The Morgan fingerprint density at radius 2 is 1.92 bits per heavy atom. The van der Waals surface area contributed by atoms with Crippen LogP contribution in [0, 0.1) is 11.8 Å². The molecule has 2 fully saturated rings. The van der Waals surface area contributed by atoms with Crippen LogP contribution in [0.2, 0.25) is 0 Å². The summed E-state index contributed by atoms with van der Waals surface area (Å²) in [5, 5.41) is 3.48. The Morgan fingerprint density at radius 3 is 2.58 bits per heavy atom. The zero-order valence-corrected chi connectivity index (χ0v) is 18.8. The zero-order valence-electron chi connectivity index (χ0n) is 16.4. The second-order valence-corrected chi connectivity index (χ2v) is 7.74. The highest BCUT2D eigenvalue weighted by molar-refractivity contribution is 14.0. The molecule has 2 aliphatic rings. The van der Waals surface area contributed by atoms with E-state index < -0.39 is 0 Å². The van der Waals surface area contributed by atoms with Crippen LogP contribution < -0.4 is 10.2 Å². The molecule has 2 saturated heterocycles. The van der Waals surface area contributed by atoms with Gasteiger partial charge in [0.15, 0.2) is 5.96 Å². The third-order valence-electron chi connectivity index (χ3n) is 5.15. The van der Waals surface area contributed by atoms with Crippen molar-refractivity contribution in [1.82, 2.24) is 15.2 Å². The van der Waals surface area contributed by atoms with Crippen LogP contribution in [0.1, 0.15) is 45.6 Å². The molecule has 1 N–H and O–H groups in total. The molecule has 3 rings (SSSR count). The van der Waals surface area contributed by atoms with Gasteiger partial charge in [0.1, 0.15) is 5.82 Å². The molecule has 2 atom stereocenters. The summed E-state index contributed by atoms with van der Waals surface area (Å²) in [6.45, 7) is 12.9. The second-order valence-electron chi connectivity index (χ2n) is 7.74. The molecule has 26 heavy (non-hydrogen) atoms. The number of nitrogens with one attached hydrogen (secondary N) is 1. The number of aliphatic imine (C=N–C) groups is 1. The highest BCUT2D eigenvalue weighted by Gasteiger charge is 2.24. The van der Waals surface area contributed by atoms with Crippen molar-refractivity contribution in [2.24, 2.45) is 16.8 Å². The Kier molecular flexibility index (Phi) is 8.44. The maximum absolute atomic E-state index is 4.93. The van der Waals surface area contributed by atoms with E-state index in [-0.39, 0.29) is 24.0 Å². The molecule has 5 nitrogen and oxygen atoms in total. The summed E-state index contributed by atoms with van der Waals surface area (Å²) in [5.41, 5.74) is 1.24. The lowest BCUT2D eigenvalue weighted by molar-refractivity contribution is 0.208. The van der Waals surface area contributed by atoms with Gasteiger partial charge in [0.2, 0.25) is 0 Å². The van der Waals surface area contributed by atoms with Crippen LogP contribution in [-0.2, 0) is 6.54 Å². The molecule has 3 heterocycles. The van der Waals surface area contributed by atoms with Gasteiger partial charge in [-0.2, -0.15) is 0 Å². The van der Waals surface area contributed by atoms with Crippen LogP contribution in [0.3, 0.4) is 0 Å². The van der Waals surface area contributed by atoms with Crippen molar-refractivity contribution in [2.75, 3.05) is 37.6 Å². The highest BCUT2D eigenvalue weighted by Crippen LogP contribution is 2.22. The van der Waals surface area contributed by atoms with E-state index in [2.05, 4.69) is 53.0 Å². The van der Waals surface area contributed by atoms with Crippen molar-refractivity contribution >= 4 is 35.8 Å². The largest absolute Gasteiger partial charge is 0.357 e. The summed E-state index contributed by atoms with van der Waals surface area (Å²) < 4.78 is 0. The maximum atomic E-state index is 4.93. The molecular formula is C20H34IN5. The summed E-state index contributed by atoms with van der Waals surface area (Å²) in [4.78, 5) is 14.3. The zero-order chi connectivity index (χ0) is 17.6. The fourth-order valence-corrected chi connectivity index (χ4v) is 4.11. The SMILES string of the molecule is CCNC(=NCc1ccnc(N2CCCC2)c1)N1CC(C)CC(C)C1.I. The number of hydrogen-bond acceptors (Lipinski definition) is 3. The second kappa shape index (κ2) is 10.3. The number of nitrogens with zero attached hydrogens (tertiary/aromatic N) is 4. The van der Waals surface area contributed by atoms with Crippen molar-refractivity contribution in [3.05, 3.63) is 23.9 Å². The molecule has 2 aliphatic heterocycles. The number of halogens is 1. The summed E-state index contributed by atoms with van der Waals surface area (Å²) in [6.07, 6.45) is 5.80. The van der Waals surface area contributed by atoms with E-state index in [1.54, 1.807) is 0 Å². The van der Waals surface area contributed by atoms with Gasteiger partial charge in [-0.15, -0.1) is 24.0 Å². The van der Waals surface area contributed by atoms with Gasteiger partial charge < -0.3 is 15.1 Å². The number of rotatable bonds is 4. The lowest BCUT2D eigenvalue weighted by Crippen LogP contribution is -2.48. The number of aromatic nitrogens is 1. The Labute approximate surface area is 175 Å². The first kappa shape index (κ1) is 21.3. The smallest absolute Gasteiger partial charge is 0.194 e. The molecule has 1 aromatic rings. The van der Waals surface area contributed by atoms with Crippen LogP contribution in [-0.4, -0.2) is 48.6 Å². The van der Waals surface area contributed by atoms with Gasteiger partial charge in [-0.1, -0.05) is 13.8 Å². The molecule has 1 aromatic heterocycles. The van der Waals surface area contributed by atoms with Gasteiger partial charge in [0.25, 0.3) is 0 Å². The number of guanidine groups is 1. The van der Waals surface area contributed by atoms with E-state index in [1.165, 1.54) is 24.8 Å². The first-order chi connectivity index (χ1) is 12.2. The van der Waals surface area contributed by atoms with Gasteiger partial charge in [-0.3, -0.25) is 0 Å².